The molecule has 3 aliphatic carbocycles. The Hall–Kier alpha value is -1.70. The van der Waals surface area contributed by atoms with Crippen molar-refractivity contribution in [3.05, 3.63) is 35.1 Å². The fourth-order valence-corrected chi connectivity index (χ4v) is 11.8. The molecule has 0 aromatic rings. The van der Waals surface area contributed by atoms with E-state index in [0.29, 0.717) is 12.3 Å². The minimum absolute atomic E-state index is 0.00205. The zero-order valence-corrected chi connectivity index (χ0v) is 28.5. The number of hydrogen-bond acceptors (Lipinski definition) is 6. The molecule has 9 atom stereocenters. The lowest BCUT2D eigenvalue weighted by atomic mass is 9.35. The van der Waals surface area contributed by atoms with Gasteiger partial charge >= 0.3 is 5.97 Å². The average molecular weight is 594 g/mol. The van der Waals surface area contributed by atoms with Crippen molar-refractivity contribution in [2.45, 2.75) is 130 Å². The molecule has 4 aliphatic heterocycles. The van der Waals surface area contributed by atoms with Gasteiger partial charge in [-0.05, 0) is 79.6 Å². The van der Waals surface area contributed by atoms with Crippen molar-refractivity contribution in [3.63, 3.8) is 0 Å². The topological polar surface area (TPSA) is 65.1 Å². The molecule has 4 heterocycles. The van der Waals surface area contributed by atoms with E-state index in [1.807, 2.05) is 6.08 Å². The lowest BCUT2D eigenvalue weighted by Gasteiger charge is -2.75. The van der Waals surface area contributed by atoms with E-state index >= 15 is 0 Å². The smallest absolute Gasteiger partial charge is 0.308 e. The van der Waals surface area contributed by atoms with Crippen LogP contribution in [-0.4, -0.2) is 49.1 Å². The van der Waals surface area contributed by atoms with Crippen molar-refractivity contribution < 1.29 is 23.5 Å². The third-order valence-electron chi connectivity index (χ3n) is 13.8. The summed E-state index contributed by atoms with van der Waals surface area (Å²) in [6.45, 7) is 23.5. The summed E-state index contributed by atoms with van der Waals surface area (Å²) < 4.78 is 20.6. The molecule has 0 unspecified atom stereocenters. The van der Waals surface area contributed by atoms with Crippen molar-refractivity contribution in [1.82, 2.24) is 4.90 Å². The molecule has 0 aromatic carbocycles. The fourth-order valence-electron chi connectivity index (χ4n) is 10.8. The first-order valence-corrected chi connectivity index (χ1v) is 19.2. The first kappa shape index (κ1) is 29.0. The van der Waals surface area contributed by atoms with E-state index in [-0.39, 0.29) is 46.6 Å². The predicted octanol–water partition coefficient (Wildman–Crippen LogP) is 7.28. The molecule has 0 N–H and O–H groups in total. The van der Waals surface area contributed by atoms with Gasteiger partial charge < -0.3 is 13.9 Å². The monoisotopic (exact) mass is 593 g/mol. The SMILES string of the molecule is CC1=C[C@@H]2C(=CC(=O)[C@H]3[C@@]2(C)C[C@@]24OC(=O)C[C@]3(C)[C@]2(C)CC[C@]23C[C@@H](C)C[C@H](CN24)O3)C(O[Si](C)(C)C(C)(C)C)=C1. The van der Waals surface area contributed by atoms with Crippen LogP contribution in [0.5, 0.6) is 0 Å². The molecule has 0 radical (unpaired) electrons. The van der Waals surface area contributed by atoms with Crippen LogP contribution in [0, 0.1) is 34.0 Å². The number of rotatable bonds is 2. The highest BCUT2D eigenvalue weighted by Crippen LogP contribution is 2.77. The molecule has 7 rings (SSSR count). The third kappa shape index (κ3) is 3.39. The van der Waals surface area contributed by atoms with Crippen LogP contribution in [0.3, 0.4) is 0 Å². The normalized spacial score (nSPS) is 48.1. The maximum atomic E-state index is 14.6. The largest absolute Gasteiger partial charge is 0.543 e. The van der Waals surface area contributed by atoms with Crippen molar-refractivity contribution in [3.8, 4) is 0 Å². The lowest BCUT2D eigenvalue weighted by Crippen LogP contribution is -2.82. The number of nitrogens with zero attached hydrogens (tertiary/aromatic N) is 1. The second-order valence-corrected chi connectivity index (χ2v) is 22.1. The summed E-state index contributed by atoms with van der Waals surface area (Å²) in [5.74, 6) is 1.15. The van der Waals surface area contributed by atoms with Gasteiger partial charge in [0.05, 0.1) is 12.5 Å². The maximum Gasteiger partial charge on any atom is 0.308 e. The third-order valence-corrected chi connectivity index (χ3v) is 18.1. The van der Waals surface area contributed by atoms with Crippen molar-refractivity contribution >= 4 is 20.1 Å². The molecule has 6 nitrogen and oxygen atoms in total. The van der Waals surface area contributed by atoms with Gasteiger partial charge in [-0.25, -0.2) is 4.90 Å². The van der Waals surface area contributed by atoms with E-state index in [1.165, 1.54) is 5.57 Å². The van der Waals surface area contributed by atoms with Crippen molar-refractivity contribution in [2.24, 2.45) is 34.0 Å². The van der Waals surface area contributed by atoms with Gasteiger partial charge in [-0.1, -0.05) is 60.1 Å². The minimum Gasteiger partial charge on any atom is -0.543 e. The predicted molar refractivity (Wildman–Crippen MR) is 165 cm³/mol. The molecule has 1 spiro atoms. The number of ether oxygens (including phenoxy) is 2. The number of esters is 1. The summed E-state index contributed by atoms with van der Waals surface area (Å²) >= 11 is 0. The first-order chi connectivity index (χ1) is 19.3. The van der Waals surface area contributed by atoms with Crippen LogP contribution in [0.1, 0.15) is 93.9 Å². The van der Waals surface area contributed by atoms with Crippen LogP contribution < -0.4 is 0 Å². The van der Waals surface area contributed by atoms with Crippen LogP contribution in [0.25, 0.3) is 0 Å². The van der Waals surface area contributed by atoms with Gasteiger partial charge in [-0.3, -0.25) is 9.59 Å². The molecule has 7 heteroatoms. The van der Waals surface area contributed by atoms with Gasteiger partial charge in [-0.15, -0.1) is 0 Å². The number of carbonyl (C=O) groups is 2. The second kappa shape index (κ2) is 8.31. The van der Waals surface area contributed by atoms with Gasteiger partial charge in [0.2, 0.25) is 8.32 Å². The Bertz CT molecular complexity index is 1370. The van der Waals surface area contributed by atoms with Gasteiger partial charge in [0.25, 0.3) is 0 Å². The number of allylic oxidation sites excluding steroid dienone is 5. The molecular weight excluding hydrogens is 542 g/mol. The van der Waals surface area contributed by atoms with E-state index in [4.69, 9.17) is 13.9 Å². The van der Waals surface area contributed by atoms with E-state index < -0.39 is 30.6 Å². The molecule has 4 bridgehead atoms. The highest BCUT2D eigenvalue weighted by atomic mass is 28.4. The van der Waals surface area contributed by atoms with Crippen LogP contribution in [0.4, 0.5) is 0 Å². The van der Waals surface area contributed by atoms with E-state index in [9.17, 15) is 9.59 Å². The Kier molecular flexibility index (Phi) is 5.74. The zero-order chi connectivity index (χ0) is 30.5. The fraction of sp³-hybridized carbons (Fsp3) is 0.771. The number of carbonyl (C=O) groups excluding carboxylic acids is 2. The average Bonchev–Trinajstić information content (AvgIpc) is 3.11. The summed E-state index contributed by atoms with van der Waals surface area (Å²) in [5.41, 5.74) is -0.374. The summed E-state index contributed by atoms with van der Waals surface area (Å²) in [4.78, 5) is 30.8. The molecule has 230 valence electrons. The Morgan fingerprint density at radius 3 is 2.50 bits per heavy atom. The molecule has 42 heavy (non-hydrogen) atoms. The van der Waals surface area contributed by atoms with Crippen molar-refractivity contribution in [2.75, 3.05) is 6.54 Å². The molecule has 7 aliphatic rings. The second-order valence-electron chi connectivity index (χ2n) is 17.4. The summed E-state index contributed by atoms with van der Waals surface area (Å²) in [5, 5.41) is 0.0372. The molecular formula is C35H51NO5Si. The number of ketones is 1. The molecule has 0 aromatic heterocycles. The Balaban J connectivity index is 1.39. The first-order valence-electron chi connectivity index (χ1n) is 16.3. The van der Waals surface area contributed by atoms with Crippen LogP contribution in [-0.2, 0) is 23.5 Å². The summed E-state index contributed by atoms with van der Waals surface area (Å²) in [6, 6.07) is 0. The Morgan fingerprint density at radius 1 is 1.10 bits per heavy atom. The van der Waals surface area contributed by atoms with Gasteiger partial charge in [0.15, 0.2) is 11.5 Å². The molecule has 1 saturated carbocycles. The zero-order valence-electron chi connectivity index (χ0n) is 27.5. The Labute approximate surface area is 253 Å². The molecule has 0 amide bonds. The van der Waals surface area contributed by atoms with Gasteiger partial charge in [-0.2, -0.15) is 0 Å². The highest BCUT2D eigenvalue weighted by Gasteiger charge is 2.82. The maximum absolute atomic E-state index is 14.6. The van der Waals surface area contributed by atoms with Crippen molar-refractivity contribution in [1.29, 1.82) is 0 Å². The van der Waals surface area contributed by atoms with Crippen LogP contribution >= 0.6 is 0 Å². The van der Waals surface area contributed by atoms with Gasteiger partial charge in [0, 0.05) is 35.8 Å². The number of piperidine rings is 1. The number of fused-ring (bicyclic) bond motifs is 5. The quantitative estimate of drug-likeness (QED) is 0.248. The van der Waals surface area contributed by atoms with E-state index in [1.54, 1.807) is 0 Å². The minimum atomic E-state index is -2.16. The summed E-state index contributed by atoms with van der Waals surface area (Å²) in [6.07, 6.45) is 11.3. The molecule has 5 fully saturated rings. The van der Waals surface area contributed by atoms with Gasteiger partial charge in [0.1, 0.15) is 11.5 Å². The summed E-state index contributed by atoms with van der Waals surface area (Å²) in [7, 11) is -2.16. The lowest BCUT2D eigenvalue weighted by molar-refractivity contribution is -0.375. The highest BCUT2D eigenvalue weighted by molar-refractivity contribution is 6.74. The standard InChI is InChI=1S/C35H51NO5Si/c1-21-14-25-24(27(15-21)41-42(9,10)30(3,4)5)16-26(37)29-31(25,6)20-35-33(8,32(29,7)18-28(38)40-35)11-12-34-17-22(2)13-23(39-34)19-36(34)35/h14-16,22-23,25,29H,11-13,17-20H2,1-10H3/t22-,23+,25+,29-,31-,32-,33-,34-,35+/m0/s1. The van der Waals surface area contributed by atoms with Crippen LogP contribution in [0.2, 0.25) is 18.1 Å². The number of hydrogen-bond donors (Lipinski definition) is 0. The van der Waals surface area contributed by atoms with E-state index in [2.05, 4.69) is 85.5 Å². The Morgan fingerprint density at radius 2 is 1.81 bits per heavy atom. The molecule has 4 saturated heterocycles. The van der Waals surface area contributed by atoms with E-state index in [0.717, 1.165) is 43.6 Å². The van der Waals surface area contributed by atoms with Crippen LogP contribution in [0.15, 0.2) is 35.1 Å².